The number of thiocarbonyl (C=S) groups is 1. The Hall–Kier alpha value is -1.78. The number of aryl methyl sites for hydroxylation is 1. The summed E-state index contributed by atoms with van der Waals surface area (Å²) in [5.41, 5.74) is -0.963. The molecule has 1 saturated heterocycles. The van der Waals surface area contributed by atoms with Crippen LogP contribution in [0.15, 0.2) is 20.9 Å². The number of Topliss-reactive ketones (excluding diaryl/α,β-unsaturated/α-hetero) is 1. The molecule has 3 rings (SSSR count). The third kappa shape index (κ3) is 3.09. The Balaban J connectivity index is 2.20. The number of fused-ring (bicyclic) bond motifs is 1. The van der Waals surface area contributed by atoms with E-state index >= 15 is 0 Å². The number of methoxy groups -OCH3 is 1. The number of hydrogen-bond donors (Lipinski definition) is 1. The number of nitrogens with one attached hydrogen (secondary N) is 1. The number of aromatic amines is 1. The number of hydrogen-bond acceptors (Lipinski definition) is 7. The molecule has 3 heterocycles. The van der Waals surface area contributed by atoms with Gasteiger partial charge in [-0.2, -0.15) is 4.98 Å². The van der Waals surface area contributed by atoms with Crippen LogP contribution in [0.5, 0.6) is 0 Å². The Bertz CT molecular complexity index is 972. The maximum atomic E-state index is 13.2. The zero-order chi connectivity index (χ0) is 20.3. The Kier molecular flexibility index (Phi) is 4.94. The van der Waals surface area contributed by atoms with Gasteiger partial charge in [0.05, 0.1) is 10.9 Å². The van der Waals surface area contributed by atoms with Crippen LogP contribution in [-0.2, 0) is 16.6 Å². The largest absolute Gasteiger partial charge is 0.371 e. The zero-order valence-corrected chi connectivity index (χ0v) is 17.7. The van der Waals surface area contributed by atoms with E-state index in [2.05, 4.69) is 10.1 Å². The molecule has 0 aliphatic carbocycles. The van der Waals surface area contributed by atoms with Gasteiger partial charge in [-0.05, 0) is 12.5 Å². The highest BCUT2D eigenvalue weighted by atomic mass is 32.2. The van der Waals surface area contributed by atoms with Crippen molar-refractivity contribution in [2.45, 2.75) is 44.4 Å². The molecule has 3 atom stereocenters. The van der Waals surface area contributed by atoms with E-state index in [1.54, 1.807) is 14.2 Å². The summed E-state index contributed by atoms with van der Waals surface area (Å²) in [7, 11) is 3.20. The van der Waals surface area contributed by atoms with Gasteiger partial charge < -0.3 is 9.64 Å². The van der Waals surface area contributed by atoms with Crippen molar-refractivity contribution in [3.8, 4) is 0 Å². The van der Waals surface area contributed by atoms with Gasteiger partial charge in [0, 0.05) is 19.6 Å². The molecule has 0 amide bonds. The standard InChI is InChI=1S/C17H22N4O4S2/c1-7-8(11(22)17(2,3)4)21-15(26)9(25-6)16(21)27-10(7)12-18-13(23)14(24)19-20(12)5/h9-10,16H,1-6H3,(H,19,24)/t9-,10?,16+/m0/s1. The molecule has 0 bridgehead atoms. The normalized spacial score (nSPS) is 25.3. The molecule has 0 aromatic carbocycles. The van der Waals surface area contributed by atoms with Crippen molar-refractivity contribution in [3.05, 3.63) is 37.8 Å². The first-order valence-electron chi connectivity index (χ1n) is 8.43. The molecule has 8 nitrogen and oxygen atoms in total. The summed E-state index contributed by atoms with van der Waals surface area (Å²) in [5.74, 6) is 0.343. The first-order valence-corrected chi connectivity index (χ1v) is 9.78. The molecule has 0 saturated carbocycles. The number of allylic oxidation sites excluding steroid dienone is 1. The Morgan fingerprint density at radius 3 is 2.52 bits per heavy atom. The van der Waals surface area contributed by atoms with Gasteiger partial charge in [0.1, 0.15) is 22.3 Å². The lowest BCUT2D eigenvalue weighted by atomic mass is 9.85. The number of ether oxygens (including phenoxy) is 1. The number of aromatic nitrogens is 3. The van der Waals surface area contributed by atoms with E-state index in [0.29, 0.717) is 16.5 Å². The van der Waals surface area contributed by atoms with Gasteiger partial charge in [-0.1, -0.05) is 33.0 Å². The van der Waals surface area contributed by atoms with Crippen molar-refractivity contribution >= 4 is 34.8 Å². The molecular formula is C17H22N4O4S2. The second-order valence-electron chi connectivity index (χ2n) is 7.66. The molecule has 1 aromatic rings. The van der Waals surface area contributed by atoms with Crippen molar-refractivity contribution in [2.75, 3.05) is 7.11 Å². The van der Waals surface area contributed by atoms with Crippen LogP contribution in [0.2, 0.25) is 0 Å². The lowest BCUT2D eigenvalue weighted by Crippen LogP contribution is -2.65. The van der Waals surface area contributed by atoms with Crippen LogP contribution < -0.4 is 11.1 Å². The molecule has 2 aliphatic heterocycles. The topological polar surface area (TPSA) is 97.3 Å². The van der Waals surface area contributed by atoms with E-state index in [1.165, 1.54) is 16.4 Å². The molecule has 1 unspecified atom stereocenters. The Morgan fingerprint density at radius 1 is 1.33 bits per heavy atom. The minimum Gasteiger partial charge on any atom is -0.371 e. The summed E-state index contributed by atoms with van der Waals surface area (Å²) in [6.45, 7) is 7.40. The van der Waals surface area contributed by atoms with Crippen molar-refractivity contribution in [1.82, 2.24) is 19.7 Å². The number of ketones is 1. The second-order valence-corrected chi connectivity index (χ2v) is 9.30. The number of rotatable bonds is 3. The molecule has 1 N–H and O–H groups in total. The lowest BCUT2D eigenvalue weighted by molar-refractivity contribution is -0.124. The monoisotopic (exact) mass is 410 g/mol. The quantitative estimate of drug-likeness (QED) is 0.585. The molecule has 2 aliphatic rings. The summed E-state index contributed by atoms with van der Waals surface area (Å²) in [6, 6.07) is 0. The maximum Gasteiger partial charge on any atom is 0.338 e. The average molecular weight is 411 g/mol. The van der Waals surface area contributed by atoms with Crippen molar-refractivity contribution in [3.63, 3.8) is 0 Å². The highest BCUT2D eigenvalue weighted by molar-refractivity contribution is 8.00. The fraction of sp³-hybridized carbons (Fsp3) is 0.588. The van der Waals surface area contributed by atoms with Crippen LogP contribution in [0.4, 0.5) is 0 Å². The minimum atomic E-state index is -0.852. The van der Waals surface area contributed by atoms with E-state index in [0.717, 1.165) is 5.57 Å². The predicted octanol–water partition coefficient (Wildman–Crippen LogP) is 1.13. The number of carbonyl (C=O) groups excluding carboxylic acids is 1. The van der Waals surface area contributed by atoms with Crippen LogP contribution >= 0.6 is 24.0 Å². The van der Waals surface area contributed by atoms with Crippen LogP contribution in [-0.4, -0.2) is 49.0 Å². The van der Waals surface area contributed by atoms with Crippen LogP contribution in [0.1, 0.15) is 38.8 Å². The smallest absolute Gasteiger partial charge is 0.338 e. The number of nitrogens with zero attached hydrogens (tertiary/aromatic N) is 3. The van der Waals surface area contributed by atoms with E-state index in [9.17, 15) is 14.4 Å². The third-order valence-corrected chi connectivity index (χ3v) is 6.69. The summed E-state index contributed by atoms with van der Waals surface area (Å²) in [5, 5.41) is 1.89. The van der Waals surface area contributed by atoms with Crippen LogP contribution in [0.3, 0.4) is 0 Å². The Morgan fingerprint density at radius 2 is 1.96 bits per heavy atom. The molecule has 0 spiro atoms. The minimum absolute atomic E-state index is 0.0402. The first-order chi connectivity index (χ1) is 12.5. The second kappa shape index (κ2) is 6.68. The van der Waals surface area contributed by atoms with Crippen LogP contribution in [0.25, 0.3) is 0 Å². The summed E-state index contributed by atoms with van der Waals surface area (Å²) >= 11 is 6.97. The van der Waals surface area contributed by atoms with Crippen molar-refractivity contribution in [2.24, 2.45) is 12.5 Å². The summed E-state index contributed by atoms with van der Waals surface area (Å²) in [4.78, 5) is 43.0. The van der Waals surface area contributed by atoms with Crippen molar-refractivity contribution in [1.29, 1.82) is 0 Å². The molecule has 10 heteroatoms. The molecular weight excluding hydrogens is 388 g/mol. The highest BCUT2D eigenvalue weighted by Gasteiger charge is 2.54. The SMILES string of the molecule is CO[C@H]1C(=S)N2C(C(=O)C(C)(C)C)=C(C)C(c3nc(=O)c(=O)[nH]n3C)S[C@H]12. The van der Waals surface area contributed by atoms with E-state index in [4.69, 9.17) is 17.0 Å². The van der Waals surface area contributed by atoms with Gasteiger partial charge in [-0.15, -0.1) is 11.8 Å². The van der Waals surface area contributed by atoms with Gasteiger partial charge in [-0.25, -0.2) is 0 Å². The zero-order valence-electron chi connectivity index (χ0n) is 16.0. The van der Waals surface area contributed by atoms with Gasteiger partial charge in [0.15, 0.2) is 5.78 Å². The third-order valence-electron chi connectivity index (χ3n) is 4.69. The number of H-pyrrole nitrogens is 1. The fourth-order valence-corrected chi connectivity index (χ4v) is 5.43. The average Bonchev–Trinajstić information content (AvgIpc) is 2.57. The van der Waals surface area contributed by atoms with Gasteiger partial charge in [0.25, 0.3) is 0 Å². The molecule has 0 radical (unpaired) electrons. The molecule has 1 aromatic heterocycles. The Labute approximate surface area is 166 Å². The molecule has 27 heavy (non-hydrogen) atoms. The summed E-state index contributed by atoms with van der Waals surface area (Å²) in [6.07, 6.45) is -0.303. The predicted molar refractivity (Wildman–Crippen MR) is 107 cm³/mol. The molecule has 146 valence electrons. The van der Waals surface area contributed by atoms with Gasteiger partial charge in [0.2, 0.25) is 0 Å². The van der Waals surface area contributed by atoms with E-state index < -0.39 is 16.5 Å². The lowest BCUT2D eigenvalue weighted by Gasteiger charge is -2.53. The van der Waals surface area contributed by atoms with Gasteiger partial charge in [-0.3, -0.25) is 24.2 Å². The van der Waals surface area contributed by atoms with Crippen LogP contribution in [0, 0.1) is 5.41 Å². The highest BCUT2D eigenvalue weighted by Crippen LogP contribution is 2.52. The fourth-order valence-electron chi connectivity index (χ4n) is 3.20. The van der Waals surface area contributed by atoms with E-state index in [1.807, 2.05) is 32.6 Å². The number of carbonyl (C=O) groups is 1. The summed E-state index contributed by atoms with van der Waals surface area (Å²) < 4.78 is 6.92. The van der Waals surface area contributed by atoms with E-state index in [-0.39, 0.29) is 22.5 Å². The van der Waals surface area contributed by atoms with Gasteiger partial charge >= 0.3 is 11.1 Å². The first kappa shape index (κ1) is 20.0. The molecule has 1 fully saturated rings. The maximum absolute atomic E-state index is 13.2. The number of thioether (sulfide) groups is 1. The van der Waals surface area contributed by atoms with Crippen molar-refractivity contribution < 1.29 is 9.53 Å².